The van der Waals surface area contributed by atoms with Crippen molar-refractivity contribution in [3.8, 4) is 40.1 Å². The first kappa shape index (κ1) is 85.2. The fourth-order valence-corrected chi connectivity index (χ4v) is 13.1. The Hall–Kier alpha value is -12.7. The largest absolute Gasteiger partial charge is 0.508 e. The molecule has 41 heteroatoms. The number of benzene rings is 3. The van der Waals surface area contributed by atoms with Gasteiger partial charge in [-0.05, 0) is 60.2 Å². The molecule has 117 heavy (non-hydrogen) atoms. The van der Waals surface area contributed by atoms with E-state index >= 15 is 0 Å². The summed E-state index contributed by atoms with van der Waals surface area (Å²) in [6, 6.07) is 16.5. The van der Waals surface area contributed by atoms with E-state index in [4.69, 9.17) is 53.5 Å². The minimum atomic E-state index is -3.23. The van der Waals surface area contributed by atoms with Crippen molar-refractivity contribution in [2.45, 2.75) is 81.8 Å². The number of halogens is 6. The van der Waals surface area contributed by atoms with Crippen LogP contribution in [0.2, 0.25) is 10.0 Å². The minimum absolute atomic E-state index is 0.00653. The lowest BCUT2D eigenvalue weighted by Gasteiger charge is -2.35. The molecule has 2 unspecified atom stereocenters. The van der Waals surface area contributed by atoms with E-state index < -0.39 is 128 Å². The van der Waals surface area contributed by atoms with Gasteiger partial charge < -0.3 is 70.7 Å². The monoisotopic (exact) mass is 1660 g/mol. The van der Waals surface area contributed by atoms with Gasteiger partial charge in [0.1, 0.15) is 41.1 Å². The number of aromatic nitrogens is 8. The minimum Gasteiger partial charge on any atom is -0.508 e. The summed E-state index contributed by atoms with van der Waals surface area (Å²) in [6.07, 6.45) is 6.84. The predicted molar refractivity (Wildman–Crippen MR) is 401 cm³/mol. The average molecular weight is 1660 g/mol. The number of phenols is 1. The van der Waals surface area contributed by atoms with Crippen LogP contribution >= 0.6 is 23.2 Å². The number of ketones is 1. The van der Waals surface area contributed by atoms with Gasteiger partial charge in [-0.2, -0.15) is 5.26 Å². The van der Waals surface area contributed by atoms with Crippen molar-refractivity contribution in [3.63, 3.8) is 0 Å². The lowest BCUT2D eigenvalue weighted by Crippen LogP contribution is -2.43. The Morgan fingerprint density at radius 2 is 1.15 bits per heavy atom. The smallest absolute Gasteiger partial charge is 0.336 e. The summed E-state index contributed by atoms with van der Waals surface area (Å²) in [5, 5.41) is 62.5. The highest BCUT2D eigenvalue weighted by Crippen LogP contribution is 2.49. The maximum Gasteiger partial charge on any atom is 0.336 e. The van der Waals surface area contributed by atoms with Crippen LogP contribution in [0, 0.1) is 23.8 Å². The Morgan fingerprint density at radius 1 is 0.624 bits per heavy atom. The van der Waals surface area contributed by atoms with Crippen molar-refractivity contribution < 1.29 is 99.4 Å². The fraction of sp³-hybridized carbons (Fsp3) is 0.368. The number of carbonyl (C=O) groups excluding carboxylic acids is 9. The van der Waals surface area contributed by atoms with Crippen molar-refractivity contribution in [1.29, 1.82) is 5.26 Å². The third-order valence-electron chi connectivity index (χ3n) is 18.6. The summed E-state index contributed by atoms with van der Waals surface area (Å²) in [4.78, 5) is 142. The summed E-state index contributed by atoms with van der Waals surface area (Å²) in [6.45, 7) is 4.85. The van der Waals surface area contributed by atoms with Crippen molar-refractivity contribution in [2.75, 3.05) is 92.1 Å². The number of hydrogen-bond acceptors (Lipinski definition) is 23. The molecule has 1 aliphatic carbocycles. The molecule has 7 aromatic rings. The molecular weight excluding hydrogens is 1580 g/mol. The van der Waals surface area contributed by atoms with Crippen molar-refractivity contribution in [3.05, 3.63) is 187 Å². The molecule has 7 heterocycles. The van der Waals surface area contributed by atoms with Crippen LogP contribution < -0.4 is 36.6 Å². The quantitative estimate of drug-likeness (QED) is 0.0147. The van der Waals surface area contributed by atoms with Crippen LogP contribution in [-0.2, 0) is 69.1 Å². The first-order valence-corrected chi connectivity index (χ1v) is 37.0. The van der Waals surface area contributed by atoms with Gasteiger partial charge >= 0.3 is 12.1 Å². The van der Waals surface area contributed by atoms with Gasteiger partial charge in [-0.15, -0.1) is 10.2 Å². The lowest BCUT2D eigenvalue weighted by molar-refractivity contribution is -0.132. The Morgan fingerprint density at radius 3 is 1.69 bits per heavy atom. The molecule has 2 saturated heterocycles. The maximum atomic E-state index is 14.1. The molecule has 3 aliphatic heterocycles. The normalized spacial score (nSPS) is 16.8. The van der Waals surface area contributed by atoms with Gasteiger partial charge in [-0.25, -0.2) is 38.3 Å². The number of fused-ring (bicyclic) bond motifs is 2. The van der Waals surface area contributed by atoms with E-state index in [-0.39, 0.29) is 177 Å². The molecular formula is C76H74Cl2F4N18O17. The second kappa shape index (κ2) is 39.1. The fourth-order valence-electron chi connectivity index (χ4n) is 12.8. The predicted octanol–water partition coefficient (Wildman–Crippen LogP) is 4.84. The van der Waals surface area contributed by atoms with Gasteiger partial charge in [0.05, 0.1) is 162 Å². The first-order chi connectivity index (χ1) is 56.1. The number of nitriles is 1. The second-order valence-corrected chi connectivity index (χ2v) is 27.7. The van der Waals surface area contributed by atoms with Crippen LogP contribution in [0.3, 0.4) is 0 Å². The molecule has 4 atom stereocenters. The van der Waals surface area contributed by atoms with E-state index in [1.165, 1.54) is 76.4 Å². The molecule has 0 bridgehead atoms. The summed E-state index contributed by atoms with van der Waals surface area (Å²) < 4.78 is 87.2. The number of pyridine rings is 2. The average Bonchev–Trinajstić information content (AvgIpc) is 1.43. The van der Waals surface area contributed by atoms with Crippen LogP contribution in [0.25, 0.3) is 27.4 Å². The molecule has 0 spiro atoms. The molecule has 0 radical (unpaired) electrons. The molecule has 4 aliphatic rings. The number of carbonyl (C=O) groups is 10. The van der Waals surface area contributed by atoms with E-state index in [2.05, 4.69) is 67.3 Å². The van der Waals surface area contributed by atoms with Gasteiger partial charge in [0, 0.05) is 96.5 Å². The third kappa shape index (κ3) is 22.9. The number of alkyl halides is 4. The summed E-state index contributed by atoms with van der Waals surface area (Å²) in [5.41, 5.74) is 2.74. The number of carboxylic acid groups (broad SMARTS) is 1. The van der Waals surface area contributed by atoms with Gasteiger partial charge in [-0.3, -0.25) is 62.9 Å². The molecule has 2 fully saturated rings. The third-order valence-corrected chi connectivity index (χ3v) is 19.2. The maximum absolute atomic E-state index is 14.1. The zero-order chi connectivity index (χ0) is 83.5. The van der Waals surface area contributed by atoms with Gasteiger partial charge in [0.15, 0.2) is 5.78 Å². The van der Waals surface area contributed by atoms with Crippen molar-refractivity contribution in [2.24, 2.45) is 5.92 Å². The molecule has 3 aromatic carbocycles. The molecule has 8 N–H and O–H groups in total. The van der Waals surface area contributed by atoms with Crippen LogP contribution in [0.5, 0.6) is 11.5 Å². The highest BCUT2D eigenvalue weighted by atomic mass is 35.5. The number of phenolic OH excluding ortho intramolecular Hbond substituents is 1. The number of aromatic carboxylic acids is 1. The summed E-state index contributed by atoms with van der Waals surface area (Å²) in [5.74, 6) is -14.4. The van der Waals surface area contributed by atoms with Crippen molar-refractivity contribution in [1.82, 2.24) is 81.7 Å². The van der Waals surface area contributed by atoms with E-state index in [1.807, 2.05) is 0 Å². The van der Waals surface area contributed by atoms with Gasteiger partial charge in [0.25, 0.3) is 35.5 Å². The topological polar surface area (TPSA) is 451 Å². The lowest BCUT2D eigenvalue weighted by atomic mass is 9.74. The number of carboxylic acids is 1. The van der Waals surface area contributed by atoms with E-state index in [0.29, 0.717) is 43.4 Å². The zero-order valence-electron chi connectivity index (χ0n) is 61.9. The summed E-state index contributed by atoms with van der Waals surface area (Å²) >= 11 is 12.4. The number of nitrogens with zero attached hydrogens (tertiary/aromatic N) is 12. The SMILES string of the molecule is [C-]#[N+][C@@H]1CC(F)(F)CN1C(=O)CNC(=O)c1cc(CNC(=O)CCOCCOCCn2cc(-c3cc(C(=O)NCCNC(=O)c4ccc(C5c6ccc(O)cc6OC6=CC(=O)C=CC65)c(C(=O)O)c4)cc(-c4cn(CCOCCOCCC(=O)NCc5cc(C(=O)NCC(=O)N6CC(F)(F)C[C@@H]6C#N)c(Cl)cn5)nn4)c3)nn2)ncc1Cl. The number of aromatic hydroxyl groups is 1. The molecule has 35 nitrogen and oxygen atoms in total. The van der Waals surface area contributed by atoms with E-state index in [0.717, 1.165) is 0 Å². The van der Waals surface area contributed by atoms with Crippen LogP contribution in [0.1, 0.15) is 106 Å². The van der Waals surface area contributed by atoms with Gasteiger partial charge in [0.2, 0.25) is 23.6 Å². The molecule has 8 amide bonds. The molecule has 612 valence electrons. The number of ether oxygens (including phenoxy) is 5. The Bertz CT molecular complexity index is 4900. The van der Waals surface area contributed by atoms with Crippen molar-refractivity contribution >= 4 is 82.2 Å². The zero-order valence-corrected chi connectivity index (χ0v) is 63.4. The van der Waals surface area contributed by atoms with Crippen LogP contribution in [0.15, 0.2) is 116 Å². The number of nitrogens with one attached hydrogen (secondary N) is 6. The van der Waals surface area contributed by atoms with Gasteiger partial charge in [-0.1, -0.05) is 51.8 Å². The second-order valence-electron chi connectivity index (χ2n) is 26.9. The number of rotatable bonds is 37. The number of allylic oxidation sites excluding steroid dienone is 3. The van der Waals surface area contributed by atoms with E-state index in [9.17, 15) is 81.0 Å². The Labute approximate surface area is 672 Å². The Balaban J connectivity index is 0.641. The standard InChI is InChI=1S/C76H74Cl2F4N18O17/c1-84-64-31-76(81,82)42-100(64)68(106)38-92-73(110)57-27-48(88-36-59(57)78)34-90-66(104)9-15-114-19-21-116-17-13-98-40-61(94-96-98)45-22-44(23-46(24-45)71(108)86-11-10-85-70(107)43-2-5-52(55(25-43)74(111)112)69-53-6-3-50(101)28-62(53)117-63-29-51(102)4-7-54(63)69)60-39-97(95-93-60)12-16-115-20-18-113-14-8-65(103)89-33-47-26-56(58(77)35-87-47)72(109)91-37-67(105)99-41-75(79,80)30-49(99)32-83/h2-7,22-29,35-36,39-40,49,53,64,69,102H,8-21,30-31,33-34,37-38,41-42H2,(H,85,107)(H,86,108)(H,89,103)(H,90,104)(H,91,109)(H,92,110)(H,111,112)/t49-,53?,64+,69?/m1/s1. The first-order valence-electron chi connectivity index (χ1n) is 36.3. The molecule has 11 rings (SSSR count). The van der Waals surface area contributed by atoms with E-state index in [1.54, 1.807) is 48.8 Å². The number of hydrogen-bond donors (Lipinski definition) is 8. The number of likely N-dealkylation sites (tertiary alicyclic amines) is 2. The highest BCUT2D eigenvalue weighted by molar-refractivity contribution is 6.34. The molecule has 0 saturated carbocycles. The molecule has 4 aromatic heterocycles. The summed E-state index contributed by atoms with van der Waals surface area (Å²) in [7, 11) is 0. The highest BCUT2D eigenvalue weighted by Gasteiger charge is 2.51. The van der Waals surface area contributed by atoms with Crippen LogP contribution in [-0.4, -0.2) is 235 Å². The van der Waals surface area contributed by atoms with Crippen LogP contribution in [0.4, 0.5) is 17.6 Å². The number of amides is 8. The Kier molecular flexibility index (Phi) is 28.5.